The molecule has 0 unspecified atom stereocenters. The summed E-state index contributed by atoms with van der Waals surface area (Å²) in [7, 11) is 0. The lowest BCUT2D eigenvalue weighted by molar-refractivity contribution is -0.122. The first-order valence-corrected chi connectivity index (χ1v) is 12.8. The first-order valence-electron chi connectivity index (χ1n) is 11.0. The Morgan fingerprint density at radius 2 is 1.87 bits per heavy atom. The fourth-order valence-electron chi connectivity index (χ4n) is 3.48. The molecule has 5 nitrogen and oxygen atoms in total. The molecule has 31 heavy (non-hydrogen) atoms. The van der Waals surface area contributed by atoms with Gasteiger partial charge in [-0.25, -0.2) is 4.98 Å². The molecule has 0 spiro atoms. The molecule has 1 aliphatic heterocycles. The number of carbonyl (C=O) groups excluding carboxylic acids is 2. The highest BCUT2D eigenvalue weighted by molar-refractivity contribution is 8.18. The van der Waals surface area contributed by atoms with Crippen molar-refractivity contribution in [3.63, 3.8) is 0 Å². The molecule has 8 heteroatoms. The van der Waals surface area contributed by atoms with Gasteiger partial charge < -0.3 is 0 Å². The Bertz CT molecular complexity index is 885. The van der Waals surface area contributed by atoms with Gasteiger partial charge in [-0.05, 0) is 55.3 Å². The van der Waals surface area contributed by atoms with Gasteiger partial charge in [0, 0.05) is 18.9 Å². The number of aromatic nitrogens is 2. The van der Waals surface area contributed by atoms with Crippen molar-refractivity contribution < 1.29 is 9.59 Å². The van der Waals surface area contributed by atoms with Crippen LogP contribution in [-0.2, 0) is 4.79 Å². The van der Waals surface area contributed by atoms with Crippen LogP contribution in [0.15, 0.2) is 46.6 Å². The SMILES string of the molecule is CCCCCCCCC=C1SC(=O)N(CCCCSc2cccc3nccn23)C1=O.Cl. The fraction of sp³-hybridized carbons (Fsp3) is 0.522. The van der Waals surface area contributed by atoms with Gasteiger partial charge in [0.1, 0.15) is 5.65 Å². The molecule has 1 aliphatic rings. The summed E-state index contributed by atoms with van der Waals surface area (Å²) in [6.07, 6.45) is 15.8. The van der Waals surface area contributed by atoms with Crippen molar-refractivity contribution in [3.05, 3.63) is 41.6 Å². The summed E-state index contributed by atoms with van der Waals surface area (Å²) in [4.78, 5) is 31.1. The first kappa shape index (κ1) is 25.8. The van der Waals surface area contributed by atoms with Crippen LogP contribution in [0.3, 0.4) is 0 Å². The van der Waals surface area contributed by atoms with Gasteiger partial charge in [0.15, 0.2) is 0 Å². The Morgan fingerprint density at radius 3 is 2.71 bits per heavy atom. The van der Waals surface area contributed by atoms with Crippen LogP contribution in [0.2, 0.25) is 0 Å². The zero-order valence-electron chi connectivity index (χ0n) is 18.1. The molecular weight excluding hydrogens is 450 g/mol. The van der Waals surface area contributed by atoms with E-state index in [1.165, 1.54) is 37.0 Å². The van der Waals surface area contributed by atoms with Crippen LogP contribution in [0.25, 0.3) is 5.65 Å². The normalized spacial score (nSPS) is 15.3. The summed E-state index contributed by atoms with van der Waals surface area (Å²) >= 11 is 2.88. The van der Waals surface area contributed by atoms with E-state index in [1.54, 1.807) is 18.0 Å². The number of rotatable bonds is 13. The average Bonchev–Trinajstić information content (AvgIpc) is 3.33. The van der Waals surface area contributed by atoms with E-state index >= 15 is 0 Å². The number of allylic oxidation sites excluding steroid dienone is 1. The molecule has 0 N–H and O–H groups in total. The monoisotopic (exact) mass is 481 g/mol. The number of thioether (sulfide) groups is 2. The molecule has 0 radical (unpaired) electrons. The van der Waals surface area contributed by atoms with Gasteiger partial charge >= 0.3 is 0 Å². The van der Waals surface area contributed by atoms with Gasteiger partial charge in [0.2, 0.25) is 0 Å². The van der Waals surface area contributed by atoms with E-state index in [1.807, 2.05) is 24.4 Å². The zero-order valence-corrected chi connectivity index (χ0v) is 20.6. The van der Waals surface area contributed by atoms with Crippen LogP contribution in [0.4, 0.5) is 4.79 Å². The van der Waals surface area contributed by atoms with Gasteiger partial charge in [0.25, 0.3) is 11.1 Å². The first-order chi connectivity index (χ1) is 14.7. The van der Waals surface area contributed by atoms with Gasteiger partial charge in [0.05, 0.1) is 9.93 Å². The number of amides is 2. The van der Waals surface area contributed by atoms with Crippen LogP contribution in [-0.4, -0.2) is 37.7 Å². The van der Waals surface area contributed by atoms with Crippen LogP contribution in [0.5, 0.6) is 0 Å². The number of imide groups is 1. The van der Waals surface area contributed by atoms with Crippen LogP contribution < -0.4 is 0 Å². The lowest BCUT2D eigenvalue weighted by atomic mass is 10.1. The molecule has 0 atom stereocenters. The Morgan fingerprint density at radius 1 is 1.06 bits per heavy atom. The second kappa shape index (κ2) is 13.9. The van der Waals surface area contributed by atoms with Crippen molar-refractivity contribution in [2.24, 2.45) is 0 Å². The van der Waals surface area contributed by atoms with Crippen molar-refractivity contribution in [3.8, 4) is 0 Å². The number of fused-ring (bicyclic) bond motifs is 1. The van der Waals surface area contributed by atoms with Crippen molar-refractivity contribution in [1.82, 2.24) is 14.3 Å². The Labute approximate surface area is 199 Å². The standard InChI is InChI=1S/C23H31N3O2S2.ClH/c1-2-3-4-5-6-7-8-12-19-22(27)26(23(28)30-19)16-9-10-18-29-21-14-11-13-20-24-15-17-25(20)21;/h11-15,17H,2-10,16,18H2,1H3;1H. The maximum absolute atomic E-state index is 12.5. The summed E-state index contributed by atoms with van der Waals surface area (Å²) in [6, 6.07) is 6.09. The van der Waals surface area contributed by atoms with E-state index in [0.29, 0.717) is 11.4 Å². The van der Waals surface area contributed by atoms with Crippen molar-refractivity contribution in [2.45, 2.75) is 69.7 Å². The van der Waals surface area contributed by atoms with Crippen molar-refractivity contribution in [2.75, 3.05) is 12.3 Å². The minimum Gasteiger partial charge on any atom is -0.294 e. The van der Waals surface area contributed by atoms with Crippen LogP contribution in [0.1, 0.15) is 64.7 Å². The number of halogens is 1. The molecule has 2 amide bonds. The molecule has 170 valence electrons. The topological polar surface area (TPSA) is 54.7 Å². The zero-order chi connectivity index (χ0) is 21.2. The smallest absolute Gasteiger partial charge is 0.293 e. The summed E-state index contributed by atoms with van der Waals surface area (Å²) in [5, 5.41) is 1.04. The van der Waals surface area contributed by atoms with E-state index < -0.39 is 0 Å². The predicted molar refractivity (Wildman–Crippen MR) is 133 cm³/mol. The molecule has 0 bridgehead atoms. The Balaban J connectivity index is 0.00000341. The third-order valence-electron chi connectivity index (χ3n) is 5.18. The van der Waals surface area contributed by atoms with E-state index in [-0.39, 0.29) is 23.6 Å². The number of hydrogen-bond acceptors (Lipinski definition) is 5. The molecule has 3 rings (SSSR count). The molecular formula is C23H32ClN3O2S2. The molecule has 0 saturated carbocycles. The minimum atomic E-state index is -0.120. The van der Waals surface area contributed by atoms with Gasteiger partial charge in [-0.3, -0.25) is 18.9 Å². The Hall–Kier alpha value is -1.44. The molecule has 0 aromatic carbocycles. The maximum atomic E-state index is 12.5. The van der Waals surface area contributed by atoms with Crippen molar-refractivity contribution in [1.29, 1.82) is 0 Å². The molecule has 3 heterocycles. The third-order valence-corrected chi connectivity index (χ3v) is 7.26. The van der Waals surface area contributed by atoms with Gasteiger partial charge in [-0.15, -0.1) is 24.2 Å². The number of carbonyl (C=O) groups is 2. The largest absolute Gasteiger partial charge is 0.294 e. The van der Waals surface area contributed by atoms with E-state index in [2.05, 4.69) is 22.4 Å². The number of hydrogen-bond donors (Lipinski definition) is 0. The molecule has 2 aromatic heterocycles. The number of pyridine rings is 1. The summed E-state index contributed by atoms with van der Waals surface area (Å²) < 4.78 is 2.08. The molecule has 0 aliphatic carbocycles. The van der Waals surface area contributed by atoms with Crippen molar-refractivity contribution >= 4 is 52.7 Å². The fourth-order valence-corrected chi connectivity index (χ4v) is 5.37. The molecule has 1 fully saturated rings. The molecule has 2 aromatic rings. The molecule has 1 saturated heterocycles. The lowest BCUT2D eigenvalue weighted by Gasteiger charge is -2.12. The highest BCUT2D eigenvalue weighted by atomic mass is 35.5. The predicted octanol–water partition coefficient (Wildman–Crippen LogP) is 6.96. The number of nitrogens with zero attached hydrogens (tertiary/aromatic N) is 3. The third kappa shape index (κ3) is 7.58. The van der Waals surface area contributed by atoms with Gasteiger partial charge in [-0.1, -0.05) is 51.2 Å². The highest BCUT2D eigenvalue weighted by Gasteiger charge is 2.34. The van der Waals surface area contributed by atoms with E-state index in [0.717, 1.165) is 53.9 Å². The van der Waals surface area contributed by atoms with E-state index in [9.17, 15) is 9.59 Å². The van der Waals surface area contributed by atoms with Crippen LogP contribution >= 0.6 is 35.9 Å². The highest BCUT2D eigenvalue weighted by Crippen LogP contribution is 2.31. The average molecular weight is 482 g/mol. The number of unbranched alkanes of at least 4 members (excludes halogenated alkanes) is 7. The second-order valence-electron chi connectivity index (χ2n) is 7.52. The van der Waals surface area contributed by atoms with E-state index in [4.69, 9.17) is 0 Å². The summed E-state index contributed by atoms with van der Waals surface area (Å²) in [5.41, 5.74) is 0.950. The Kier molecular flexibility index (Phi) is 11.5. The number of imidazole rings is 1. The summed E-state index contributed by atoms with van der Waals surface area (Å²) in [6.45, 7) is 2.73. The second-order valence-corrected chi connectivity index (χ2v) is 9.63. The lowest BCUT2D eigenvalue weighted by Crippen LogP contribution is -2.29. The van der Waals surface area contributed by atoms with Gasteiger partial charge in [-0.2, -0.15) is 0 Å². The maximum Gasteiger partial charge on any atom is 0.293 e. The minimum absolute atomic E-state index is 0. The van der Waals surface area contributed by atoms with Crippen LogP contribution in [0, 0.1) is 0 Å². The summed E-state index contributed by atoms with van der Waals surface area (Å²) in [5.74, 6) is 0.841. The quantitative estimate of drug-likeness (QED) is 0.176.